The van der Waals surface area contributed by atoms with Crippen molar-refractivity contribution in [1.29, 1.82) is 0 Å². The number of nitrogens with one attached hydrogen (secondary N) is 1. The van der Waals surface area contributed by atoms with E-state index in [0.717, 1.165) is 31.4 Å². The number of rotatable bonds is 6. The van der Waals surface area contributed by atoms with Gasteiger partial charge in [0.25, 0.3) is 0 Å². The molecule has 4 nitrogen and oxygen atoms in total. The predicted molar refractivity (Wildman–Crippen MR) is 54.3 cm³/mol. The van der Waals surface area contributed by atoms with Crippen molar-refractivity contribution in [3.8, 4) is 5.75 Å². The van der Waals surface area contributed by atoms with Crippen molar-refractivity contribution in [3.63, 3.8) is 0 Å². The maximum absolute atomic E-state index is 5.48. The first-order valence-electron chi connectivity index (χ1n) is 5.17. The van der Waals surface area contributed by atoms with E-state index in [1.165, 1.54) is 12.8 Å². The van der Waals surface area contributed by atoms with Gasteiger partial charge in [-0.1, -0.05) is 0 Å². The van der Waals surface area contributed by atoms with Gasteiger partial charge in [-0.05, 0) is 25.3 Å². The molecule has 0 unspecified atom stereocenters. The summed E-state index contributed by atoms with van der Waals surface area (Å²) < 4.78 is 7.23. The Morgan fingerprint density at radius 1 is 1.64 bits per heavy atom. The molecule has 1 fully saturated rings. The molecule has 1 aromatic rings. The molecule has 0 spiro atoms. The summed E-state index contributed by atoms with van der Waals surface area (Å²) >= 11 is 0. The average molecular weight is 195 g/mol. The Bertz CT molecular complexity index is 281. The standard InChI is InChI=1S/C10H17N3O/c1-13-8-10(7-12-13)14-5-4-11-6-9-2-3-9/h7-9,11H,2-6H2,1H3. The van der Waals surface area contributed by atoms with Gasteiger partial charge in [-0.25, -0.2) is 0 Å². The molecule has 2 rings (SSSR count). The van der Waals surface area contributed by atoms with Gasteiger partial charge in [0, 0.05) is 13.6 Å². The van der Waals surface area contributed by atoms with Gasteiger partial charge in [0.1, 0.15) is 6.61 Å². The molecular formula is C10H17N3O. The average Bonchev–Trinajstić information content (AvgIpc) is 2.89. The summed E-state index contributed by atoms with van der Waals surface area (Å²) in [6.45, 7) is 2.79. The first-order valence-corrected chi connectivity index (χ1v) is 5.17. The van der Waals surface area contributed by atoms with Crippen molar-refractivity contribution in [2.24, 2.45) is 13.0 Å². The van der Waals surface area contributed by atoms with Crippen LogP contribution in [0.15, 0.2) is 12.4 Å². The Labute approximate surface area is 84.3 Å². The van der Waals surface area contributed by atoms with E-state index in [1.54, 1.807) is 10.9 Å². The summed E-state index contributed by atoms with van der Waals surface area (Å²) in [5.74, 6) is 1.79. The lowest BCUT2D eigenvalue weighted by Gasteiger charge is -2.04. The van der Waals surface area contributed by atoms with E-state index in [4.69, 9.17) is 4.74 Å². The maximum atomic E-state index is 5.48. The summed E-state index contributed by atoms with van der Waals surface area (Å²) in [6, 6.07) is 0. The van der Waals surface area contributed by atoms with Gasteiger partial charge in [0.05, 0.1) is 12.4 Å². The fraction of sp³-hybridized carbons (Fsp3) is 0.700. The van der Waals surface area contributed by atoms with Crippen LogP contribution < -0.4 is 10.1 Å². The molecule has 0 aliphatic heterocycles. The zero-order valence-corrected chi connectivity index (χ0v) is 8.57. The lowest BCUT2D eigenvalue weighted by atomic mass is 10.4. The van der Waals surface area contributed by atoms with Crippen LogP contribution in [0.4, 0.5) is 0 Å². The van der Waals surface area contributed by atoms with Crippen molar-refractivity contribution in [3.05, 3.63) is 12.4 Å². The van der Waals surface area contributed by atoms with Crippen LogP contribution in [0.2, 0.25) is 0 Å². The van der Waals surface area contributed by atoms with Crippen LogP contribution in [0.1, 0.15) is 12.8 Å². The van der Waals surface area contributed by atoms with Gasteiger partial charge in [-0.3, -0.25) is 4.68 Å². The molecule has 1 aliphatic rings. The van der Waals surface area contributed by atoms with Crippen LogP contribution in [0.3, 0.4) is 0 Å². The highest BCUT2D eigenvalue weighted by atomic mass is 16.5. The van der Waals surface area contributed by atoms with Crippen LogP contribution in [0.5, 0.6) is 5.75 Å². The molecule has 4 heteroatoms. The molecule has 14 heavy (non-hydrogen) atoms. The Balaban J connectivity index is 1.53. The van der Waals surface area contributed by atoms with Gasteiger partial charge in [-0.15, -0.1) is 0 Å². The monoisotopic (exact) mass is 195 g/mol. The van der Waals surface area contributed by atoms with E-state index in [9.17, 15) is 0 Å². The highest BCUT2D eigenvalue weighted by Crippen LogP contribution is 2.27. The SMILES string of the molecule is Cn1cc(OCCNCC2CC2)cn1. The summed E-state index contributed by atoms with van der Waals surface area (Å²) in [5, 5.41) is 7.40. The maximum Gasteiger partial charge on any atom is 0.157 e. The van der Waals surface area contributed by atoms with Gasteiger partial charge >= 0.3 is 0 Å². The van der Waals surface area contributed by atoms with Crippen LogP contribution in [-0.4, -0.2) is 29.5 Å². The van der Waals surface area contributed by atoms with E-state index in [2.05, 4.69) is 10.4 Å². The molecule has 1 aliphatic carbocycles. The molecule has 0 bridgehead atoms. The van der Waals surface area contributed by atoms with Crippen molar-refractivity contribution in [2.75, 3.05) is 19.7 Å². The smallest absolute Gasteiger partial charge is 0.157 e. The summed E-state index contributed by atoms with van der Waals surface area (Å²) in [7, 11) is 1.89. The van der Waals surface area contributed by atoms with Crippen molar-refractivity contribution in [1.82, 2.24) is 15.1 Å². The molecule has 0 atom stereocenters. The molecule has 0 amide bonds. The largest absolute Gasteiger partial charge is 0.489 e. The molecule has 1 aromatic heterocycles. The first-order chi connectivity index (χ1) is 6.84. The van der Waals surface area contributed by atoms with Crippen molar-refractivity contribution >= 4 is 0 Å². The van der Waals surface area contributed by atoms with Gasteiger partial charge in [0.15, 0.2) is 5.75 Å². The van der Waals surface area contributed by atoms with Crippen LogP contribution in [-0.2, 0) is 7.05 Å². The van der Waals surface area contributed by atoms with Crippen molar-refractivity contribution < 1.29 is 4.74 Å². The number of hydrogen-bond donors (Lipinski definition) is 1. The fourth-order valence-electron chi connectivity index (χ4n) is 1.34. The molecule has 0 saturated heterocycles. The van der Waals surface area contributed by atoms with Gasteiger partial charge in [0.2, 0.25) is 0 Å². The number of hydrogen-bond acceptors (Lipinski definition) is 3. The third-order valence-electron chi connectivity index (χ3n) is 2.36. The molecule has 1 heterocycles. The zero-order valence-electron chi connectivity index (χ0n) is 8.57. The number of aryl methyl sites for hydroxylation is 1. The van der Waals surface area contributed by atoms with E-state index in [1.807, 2.05) is 13.2 Å². The second-order valence-electron chi connectivity index (χ2n) is 3.85. The van der Waals surface area contributed by atoms with Crippen LogP contribution in [0.25, 0.3) is 0 Å². The molecule has 1 N–H and O–H groups in total. The van der Waals surface area contributed by atoms with Crippen LogP contribution in [0, 0.1) is 5.92 Å². The second kappa shape index (κ2) is 4.46. The Kier molecular flexibility index (Phi) is 3.03. The Morgan fingerprint density at radius 2 is 2.50 bits per heavy atom. The third-order valence-corrected chi connectivity index (χ3v) is 2.36. The number of aromatic nitrogens is 2. The summed E-state index contributed by atoms with van der Waals surface area (Å²) in [4.78, 5) is 0. The summed E-state index contributed by atoms with van der Waals surface area (Å²) in [6.07, 6.45) is 6.41. The van der Waals surface area contributed by atoms with Gasteiger partial charge < -0.3 is 10.1 Å². The van der Waals surface area contributed by atoms with E-state index < -0.39 is 0 Å². The Hall–Kier alpha value is -1.03. The highest BCUT2D eigenvalue weighted by molar-refractivity contribution is 5.11. The highest BCUT2D eigenvalue weighted by Gasteiger charge is 2.19. The molecule has 0 radical (unpaired) electrons. The first kappa shape index (κ1) is 9.52. The topological polar surface area (TPSA) is 39.1 Å². The normalized spacial score (nSPS) is 15.8. The predicted octanol–water partition coefficient (Wildman–Crippen LogP) is 0.798. The van der Waals surface area contributed by atoms with Gasteiger partial charge in [-0.2, -0.15) is 5.10 Å². The number of nitrogens with zero attached hydrogens (tertiary/aromatic N) is 2. The molecule has 78 valence electrons. The van der Waals surface area contributed by atoms with E-state index in [0.29, 0.717) is 0 Å². The van der Waals surface area contributed by atoms with E-state index >= 15 is 0 Å². The van der Waals surface area contributed by atoms with Crippen molar-refractivity contribution in [2.45, 2.75) is 12.8 Å². The minimum Gasteiger partial charge on any atom is -0.489 e. The quantitative estimate of drug-likeness (QED) is 0.682. The number of ether oxygens (including phenoxy) is 1. The van der Waals surface area contributed by atoms with E-state index in [-0.39, 0.29) is 0 Å². The minimum atomic E-state index is 0.721. The fourth-order valence-corrected chi connectivity index (χ4v) is 1.34. The zero-order chi connectivity index (χ0) is 9.80. The molecular weight excluding hydrogens is 178 g/mol. The lowest BCUT2D eigenvalue weighted by molar-refractivity contribution is 0.313. The molecule has 1 saturated carbocycles. The summed E-state index contributed by atoms with van der Waals surface area (Å²) in [5.41, 5.74) is 0. The lowest BCUT2D eigenvalue weighted by Crippen LogP contribution is -2.23. The second-order valence-corrected chi connectivity index (χ2v) is 3.85. The third kappa shape index (κ3) is 3.03. The Morgan fingerprint density at radius 3 is 3.14 bits per heavy atom. The molecule has 0 aromatic carbocycles. The van der Waals surface area contributed by atoms with Crippen LogP contribution >= 0.6 is 0 Å². The minimum absolute atomic E-state index is 0.721.